The fraction of sp³-hybridized carbons (Fsp3) is 0.571. The largest absolute Gasteiger partial charge is 0.393 e. The van der Waals surface area contributed by atoms with Crippen LogP contribution in [-0.4, -0.2) is 58.8 Å². The van der Waals surface area contributed by atoms with Gasteiger partial charge in [-0.3, -0.25) is 9.78 Å². The summed E-state index contributed by atoms with van der Waals surface area (Å²) in [4.78, 5) is 14.4. The number of nitrogens with zero attached hydrogens (tertiary/aromatic N) is 1. The van der Waals surface area contributed by atoms with E-state index in [0.29, 0.717) is 12.3 Å². The van der Waals surface area contributed by atoms with Crippen LogP contribution < -0.4 is 5.32 Å². The van der Waals surface area contributed by atoms with Crippen molar-refractivity contribution in [3.8, 4) is 0 Å². The van der Waals surface area contributed by atoms with Crippen LogP contribution in [0.15, 0.2) is 24.5 Å². The number of pyridine rings is 1. The standard InChI is InChI=1S/C14H6F16N2O/c15-6(16)8(17,18)10(21,22)12(25,26)14(29,30)13(27,28)11(23,24)9(19,20)7(33)32-5-2-1-3-31-4-5/h1-4,6H,(H,32,33). The Kier molecular flexibility index (Phi) is 6.98. The van der Waals surface area contributed by atoms with E-state index < -0.39 is 59.5 Å². The number of alkyl halides is 16. The van der Waals surface area contributed by atoms with E-state index in [0.717, 1.165) is 17.6 Å². The van der Waals surface area contributed by atoms with E-state index in [9.17, 15) is 75.0 Å². The van der Waals surface area contributed by atoms with Crippen molar-refractivity contribution >= 4 is 11.6 Å². The molecule has 1 aromatic rings. The van der Waals surface area contributed by atoms with Gasteiger partial charge in [0.15, 0.2) is 0 Å². The van der Waals surface area contributed by atoms with E-state index in [1.54, 1.807) is 0 Å². The van der Waals surface area contributed by atoms with Gasteiger partial charge in [-0.25, -0.2) is 8.78 Å². The topological polar surface area (TPSA) is 42.0 Å². The van der Waals surface area contributed by atoms with Crippen molar-refractivity contribution in [3.63, 3.8) is 0 Å². The van der Waals surface area contributed by atoms with Gasteiger partial charge in [0.2, 0.25) is 0 Å². The van der Waals surface area contributed by atoms with Crippen molar-refractivity contribution in [2.45, 2.75) is 47.9 Å². The summed E-state index contributed by atoms with van der Waals surface area (Å²) in [5.41, 5.74) is -0.957. The van der Waals surface area contributed by atoms with Crippen molar-refractivity contribution in [1.29, 1.82) is 0 Å². The number of carbonyl (C=O) groups excluding carboxylic acids is 1. The van der Waals surface area contributed by atoms with Crippen LogP contribution in [0, 0.1) is 0 Å². The number of amides is 1. The van der Waals surface area contributed by atoms with Crippen LogP contribution in [0.1, 0.15) is 0 Å². The summed E-state index contributed by atoms with van der Waals surface area (Å²) in [6.45, 7) is 0. The van der Waals surface area contributed by atoms with Crippen LogP contribution in [-0.2, 0) is 4.79 Å². The number of hydrogen-bond donors (Lipinski definition) is 1. The first-order chi connectivity index (χ1) is 14.4. The molecule has 0 fully saturated rings. The normalized spacial score (nSPS) is 15.1. The van der Waals surface area contributed by atoms with Gasteiger partial charge in [-0.15, -0.1) is 0 Å². The second kappa shape index (κ2) is 8.07. The Balaban J connectivity index is 3.53. The number of halogens is 16. The third kappa shape index (κ3) is 3.91. The Labute approximate surface area is 170 Å². The van der Waals surface area contributed by atoms with E-state index >= 15 is 0 Å². The lowest BCUT2D eigenvalue weighted by Crippen LogP contribution is -2.74. The number of hydrogen-bond acceptors (Lipinski definition) is 2. The highest BCUT2D eigenvalue weighted by atomic mass is 19.4. The fourth-order valence-corrected chi connectivity index (χ4v) is 1.92. The van der Waals surface area contributed by atoms with Crippen LogP contribution in [0.25, 0.3) is 0 Å². The lowest BCUT2D eigenvalue weighted by atomic mass is 9.89. The van der Waals surface area contributed by atoms with Gasteiger partial charge < -0.3 is 5.32 Å². The highest BCUT2D eigenvalue weighted by Gasteiger charge is 2.94. The molecule has 0 spiro atoms. The van der Waals surface area contributed by atoms with Crippen molar-refractivity contribution < 1.29 is 75.0 Å². The summed E-state index contributed by atoms with van der Waals surface area (Å²) in [6, 6.07) is 1.44. The van der Waals surface area contributed by atoms with Crippen molar-refractivity contribution in [3.05, 3.63) is 24.5 Å². The monoisotopic (exact) mass is 522 g/mol. The molecular formula is C14H6F16N2O. The molecule has 1 heterocycles. The maximum atomic E-state index is 13.7. The van der Waals surface area contributed by atoms with Gasteiger partial charge in [-0.2, -0.15) is 61.5 Å². The Morgan fingerprint density at radius 2 is 1.15 bits per heavy atom. The maximum absolute atomic E-state index is 13.7. The quantitative estimate of drug-likeness (QED) is 0.421. The lowest BCUT2D eigenvalue weighted by molar-refractivity contribution is -0.443. The van der Waals surface area contributed by atoms with Gasteiger partial charge in [-0.1, -0.05) is 0 Å². The molecule has 0 saturated carbocycles. The number of aromatic nitrogens is 1. The van der Waals surface area contributed by atoms with Crippen LogP contribution in [0.4, 0.5) is 75.9 Å². The summed E-state index contributed by atoms with van der Waals surface area (Å²) in [5, 5.41) is 0.756. The van der Waals surface area contributed by atoms with Gasteiger partial charge in [-0.05, 0) is 12.1 Å². The lowest BCUT2D eigenvalue weighted by Gasteiger charge is -2.42. The van der Waals surface area contributed by atoms with Crippen LogP contribution in [0.5, 0.6) is 0 Å². The fourth-order valence-electron chi connectivity index (χ4n) is 1.92. The molecule has 0 radical (unpaired) electrons. The molecule has 0 saturated heterocycles. The van der Waals surface area contributed by atoms with Crippen molar-refractivity contribution in [2.24, 2.45) is 0 Å². The summed E-state index contributed by atoms with van der Waals surface area (Å²) < 4.78 is 211. The first-order valence-corrected chi connectivity index (χ1v) is 7.59. The molecule has 0 unspecified atom stereocenters. The second-order valence-electron chi connectivity index (χ2n) is 6.07. The van der Waals surface area contributed by atoms with Gasteiger partial charge in [0.25, 0.3) is 0 Å². The van der Waals surface area contributed by atoms with Crippen LogP contribution in [0.2, 0.25) is 0 Å². The molecule has 1 amide bonds. The van der Waals surface area contributed by atoms with E-state index in [1.807, 2.05) is 0 Å². The zero-order valence-electron chi connectivity index (χ0n) is 14.8. The molecule has 1 rings (SSSR count). The van der Waals surface area contributed by atoms with Gasteiger partial charge in [0.05, 0.1) is 11.9 Å². The molecule has 19 heteroatoms. The molecule has 3 nitrogen and oxygen atoms in total. The molecule has 0 aliphatic heterocycles. The van der Waals surface area contributed by atoms with E-state index in [4.69, 9.17) is 0 Å². The summed E-state index contributed by atoms with van der Waals surface area (Å²) in [7, 11) is 0. The zero-order valence-corrected chi connectivity index (χ0v) is 14.8. The third-order valence-corrected chi connectivity index (χ3v) is 3.87. The van der Waals surface area contributed by atoms with Gasteiger partial charge in [0, 0.05) is 6.20 Å². The van der Waals surface area contributed by atoms with Crippen molar-refractivity contribution in [2.75, 3.05) is 5.32 Å². The molecule has 0 bridgehead atoms. The first kappa shape index (κ1) is 28.5. The SMILES string of the molecule is O=C(Nc1cccnc1)C(F)(F)C(F)(F)C(F)(F)C(F)(F)C(F)(F)C(F)(F)C(F)(F)C(F)F. The molecule has 0 atom stereocenters. The van der Waals surface area contributed by atoms with E-state index in [2.05, 4.69) is 4.98 Å². The summed E-state index contributed by atoms with van der Waals surface area (Å²) in [6.07, 6.45) is -4.61. The maximum Gasteiger partial charge on any atom is 0.393 e. The number of rotatable bonds is 9. The smallest absolute Gasteiger partial charge is 0.319 e. The molecule has 33 heavy (non-hydrogen) atoms. The molecule has 190 valence electrons. The van der Waals surface area contributed by atoms with Crippen LogP contribution in [0.3, 0.4) is 0 Å². The molecule has 0 aliphatic carbocycles. The predicted molar refractivity (Wildman–Crippen MR) is 73.5 cm³/mol. The molecule has 1 N–H and O–H groups in total. The second-order valence-corrected chi connectivity index (χ2v) is 6.07. The average molecular weight is 522 g/mol. The van der Waals surface area contributed by atoms with E-state index in [1.165, 1.54) is 0 Å². The van der Waals surface area contributed by atoms with E-state index in [-0.39, 0.29) is 0 Å². The minimum atomic E-state index is -8.55. The molecular weight excluding hydrogens is 516 g/mol. The Bertz CT molecular complexity index is 854. The van der Waals surface area contributed by atoms with Gasteiger partial charge in [0.1, 0.15) is 0 Å². The minimum absolute atomic E-state index is 0.417. The Morgan fingerprint density at radius 1 is 0.727 bits per heavy atom. The first-order valence-electron chi connectivity index (χ1n) is 7.59. The number of carbonyl (C=O) groups is 1. The Morgan fingerprint density at radius 3 is 1.55 bits per heavy atom. The van der Waals surface area contributed by atoms with Crippen molar-refractivity contribution in [1.82, 2.24) is 4.98 Å². The zero-order chi connectivity index (χ0) is 26.5. The van der Waals surface area contributed by atoms with Gasteiger partial charge >= 0.3 is 53.8 Å². The summed E-state index contributed by atoms with van der Waals surface area (Å²) >= 11 is 0. The highest BCUT2D eigenvalue weighted by molar-refractivity contribution is 5.96. The predicted octanol–water partition coefficient (Wildman–Crippen LogP) is 5.73. The summed E-state index contributed by atoms with van der Waals surface area (Å²) in [5.74, 6) is -59.8. The molecule has 0 aliphatic rings. The van der Waals surface area contributed by atoms with Crippen LogP contribution >= 0.6 is 0 Å². The molecule has 0 aromatic carbocycles. The average Bonchev–Trinajstić information content (AvgIpc) is 2.67. The third-order valence-electron chi connectivity index (χ3n) is 3.87. The minimum Gasteiger partial charge on any atom is -0.319 e. The number of anilines is 1. The number of nitrogens with one attached hydrogen (secondary N) is 1. The Hall–Kier alpha value is -2.50. The highest BCUT2D eigenvalue weighted by Crippen LogP contribution is 2.62. The molecule has 1 aromatic heterocycles.